The molecule has 31 heavy (non-hydrogen) atoms. The third kappa shape index (κ3) is 4.42. The Hall–Kier alpha value is -2.93. The molecule has 1 aliphatic rings. The van der Waals surface area contributed by atoms with E-state index in [-0.39, 0.29) is 17.6 Å². The van der Waals surface area contributed by atoms with Crippen LogP contribution < -0.4 is 5.69 Å². The van der Waals surface area contributed by atoms with E-state index in [1.807, 2.05) is 30.3 Å². The molecule has 0 aliphatic carbocycles. The van der Waals surface area contributed by atoms with Crippen LogP contribution in [-0.2, 0) is 7.05 Å². The number of likely N-dealkylation sites (tertiary alicyclic amines) is 1. The van der Waals surface area contributed by atoms with E-state index >= 15 is 0 Å². The van der Waals surface area contributed by atoms with Crippen molar-refractivity contribution < 1.29 is 4.79 Å². The number of aromatic nitrogens is 3. The molecule has 7 nitrogen and oxygen atoms in total. The zero-order valence-corrected chi connectivity index (χ0v) is 18.8. The molecule has 1 N–H and O–H groups in total. The number of benzene rings is 1. The van der Waals surface area contributed by atoms with E-state index < -0.39 is 0 Å². The van der Waals surface area contributed by atoms with Crippen molar-refractivity contribution in [3.63, 3.8) is 0 Å². The minimum absolute atomic E-state index is 0.0909. The van der Waals surface area contributed by atoms with Crippen LogP contribution in [0.25, 0.3) is 22.3 Å². The van der Waals surface area contributed by atoms with Crippen molar-refractivity contribution in [3.8, 4) is 11.1 Å². The van der Waals surface area contributed by atoms with Crippen LogP contribution in [0.1, 0.15) is 37.0 Å². The van der Waals surface area contributed by atoms with E-state index in [1.54, 1.807) is 17.8 Å². The van der Waals surface area contributed by atoms with Crippen LogP contribution in [0.5, 0.6) is 0 Å². The number of carbonyl (C=O) groups is 1. The molecule has 0 unspecified atom stereocenters. The van der Waals surface area contributed by atoms with Gasteiger partial charge >= 0.3 is 5.69 Å². The number of pyridine rings is 1. The van der Waals surface area contributed by atoms with Crippen LogP contribution in [-0.4, -0.2) is 63.0 Å². The van der Waals surface area contributed by atoms with Crippen molar-refractivity contribution in [2.45, 2.75) is 32.7 Å². The number of rotatable bonds is 5. The highest BCUT2D eigenvalue weighted by atomic mass is 16.2. The molecule has 1 saturated heterocycles. The van der Waals surface area contributed by atoms with Crippen molar-refractivity contribution in [2.24, 2.45) is 13.0 Å². The highest BCUT2D eigenvalue weighted by Gasteiger charge is 2.28. The molecule has 0 atom stereocenters. The quantitative estimate of drug-likeness (QED) is 0.687. The predicted molar refractivity (Wildman–Crippen MR) is 123 cm³/mol. The first-order valence-electron chi connectivity index (χ1n) is 11.0. The lowest BCUT2D eigenvalue weighted by Crippen LogP contribution is -2.47. The van der Waals surface area contributed by atoms with E-state index in [0.717, 1.165) is 49.1 Å². The van der Waals surface area contributed by atoms with Crippen LogP contribution in [0.3, 0.4) is 0 Å². The summed E-state index contributed by atoms with van der Waals surface area (Å²) in [5, 5.41) is 0. The lowest BCUT2D eigenvalue weighted by atomic mass is 9.99. The topological polar surface area (TPSA) is 74.2 Å². The van der Waals surface area contributed by atoms with E-state index in [4.69, 9.17) is 0 Å². The minimum atomic E-state index is -0.189. The molecule has 7 heteroatoms. The molecule has 3 aromatic rings. The van der Waals surface area contributed by atoms with Crippen LogP contribution >= 0.6 is 0 Å². The maximum absolute atomic E-state index is 13.6. The number of H-pyrrole nitrogens is 1. The summed E-state index contributed by atoms with van der Waals surface area (Å²) in [5.41, 5.74) is 3.61. The van der Waals surface area contributed by atoms with Crippen LogP contribution in [0.4, 0.5) is 0 Å². The monoisotopic (exact) mass is 421 g/mol. The predicted octanol–water partition coefficient (Wildman–Crippen LogP) is 3.12. The molecular weight excluding hydrogens is 390 g/mol. The maximum Gasteiger partial charge on any atom is 0.327 e. The summed E-state index contributed by atoms with van der Waals surface area (Å²) >= 11 is 0. The van der Waals surface area contributed by atoms with Crippen LogP contribution in [0.2, 0.25) is 0 Å². The number of fused-ring (bicyclic) bond motifs is 1. The van der Waals surface area contributed by atoms with Gasteiger partial charge in [0, 0.05) is 37.0 Å². The fraction of sp³-hybridized carbons (Fsp3) is 0.458. The highest BCUT2D eigenvalue weighted by molar-refractivity contribution is 5.96. The smallest absolute Gasteiger partial charge is 0.327 e. The zero-order valence-electron chi connectivity index (χ0n) is 18.8. The number of hydrogen-bond donors (Lipinski definition) is 1. The second-order valence-electron chi connectivity index (χ2n) is 9.05. The number of nitrogens with one attached hydrogen (secondary N) is 1. The van der Waals surface area contributed by atoms with Gasteiger partial charge in [0.15, 0.2) is 5.65 Å². The van der Waals surface area contributed by atoms with Gasteiger partial charge in [0.25, 0.3) is 5.91 Å². The number of imidazole rings is 1. The number of carbonyl (C=O) groups excluding carboxylic acids is 1. The van der Waals surface area contributed by atoms with Gasteiger partial charge < -0.3 is 9.80 Å². The molecule has 1 aromatic carbocycles. The SMILES string of the molecule is CC(C)CN(C(=O)c1cccc(-c2cnc3[nH]c(=O)n(C)c3c2)c1)C1CCN(C)CC1. The third-order valence-electron chi connectivity index (χ3n) is 6.15. The van der Waals surface area contributed by atoms with Gasteiger partial charge in [-0.25, -0.2) is 9.78 Å². The Morgan fingerprint density at radius 1 is 1.19 bits per heavy atom. The average molecular weight is 422 g/mol. The van der Waals surface area contributed by atoms with Gasteiger partial charge in [0.05, 0.1) is 5.52 Å². The molecule has 2 aromatic heterocycles. The van der Waals surface area contributed by atoms with E-state index in [9.17, 15) is 9.59 Å². The molecular formula is C24H31N5O2. The fourth-order valence-electron chi connectivity index (χ4n) is 4.35. The number of piperidine rings is 1. The maximum atomic E-state index is 13.6. The van der Waals surface area contributed by atoms with Crippen LogP contribution in [0.15, 0.2) is 41.3 Å². The molecule has 0 radical (unpaired) electrons. The molecule has 1 fully saturated rings. The Kier molecular flexibility index (Phi) is 5.96. The number of nitrogens with zero attached hydrogens (tertiary/aromatic N) is 4. The number of hydrogen-bond acceptors (Lipinski definition) is 4. The summed E-state index contributed by atoms with van der Waals surface area (Å²) in [6, 6.07) is 9.96. The van der Waals surface area contributed by atoms with Gasteiger partial charge in [0.1, 0.15) is 0 Å². The van der Waals surface area contributed by atoms with Gasteiger partial charge in [-0.1, -0.05) is 26.0 Å². The zero-order chi connectivity index (χ0) is 22.1. The van der Waals surface area contributed by atoms with E-state index in [2.05, 4.69) is 40.7 Å². The summed E-state index contributed by atoms with van der Waals surface area (Å²) in [6.45, 7) is 7.12. The van der Waals surface area contributed by atoms with Crippen molar-refractivity contribution in [3.05, 3.63) is 52.6 Å². The molecule has 3 heterocycles. The Balaban J connectivity index is 1.65. The molecule has 0 saturated carbocycles. The molecule has 164 valence electrons. The summed E-state index contributed by atoms with van der Waals surface area (Å²) in [4.78, 5) is 37.0. The summed E-state index contributed by atoms with van der Waals surface area (Å²) in [7, 11) is 3.86. The van der Waals surface area contributed by atoms with Gasteiger partial charge in [-0.05, 0) is 62.7 Å². The first kappa shape index (κ1) is 21.3. The largest absolute Gasteiger partial charge is 0.335 e. The Morgan fingerprint density at radius 3 is 2.65 bits per heavy atom. The minimum Gasteiger partial charge on any atom is -0.335 e. The fourth-order valence-corrected chi connectivity index (χ4v) is 4.35. The van der Waals surface area contributed by atoms with Crippen LogP contribution in [0, 0.1) is 5.92 Å². The number of aromatic amines is 1. The standard InChI is InChI=1S/C24H31N5O2/c1-16(2)15-29(20-8-10-27(3)11-9-20)23(30)18-7-5-6-17(12-18)19-13-21-22(25-14-19)26-24(31)28(21)4/h5-7,12-14,16,20H,8-11,15H2,1-4H3,(H,25,26,31). The van der Waals surface area contributed by atoms with Gasteiger partial charge in [0.2, 0.25) is 0 Å². The summed E-state index contributed by atoms with van der Waals surface area (Å²) in [6.07, 6.45) is 3.76. The molecule has 4 rings (SSSR count). The molecule has 1 aliphatic heterocycles. The Labute approximate surface area is 182 Å². The van der Waals surface area contributed by atoms with Crippen molar-refractivity contribution in [1.29, 1.82) is 0 Å². The second-order valence-corrected chi connectivity index (χ2v) is 9.05. The molecule has 0 bridgehead atoms. The van der Waals surface area contributed by atoms with E-state index in [0.29, 0.717) is 17.1 Å². The lowest BCUT2D eigenvalue weighted by Gasteiger charge is -2.38. The van der Waals surface area contributed by atoms with E-state index in [1.165, 1.54) is 0 Å². The number of amides is 1. The summed E-state index contributed by atoms with van der Waals surface area (Å²) in [5.74, 6) is 0.501. The third-order valence-corrected chi connectivity index (χ3v) is 6.15. The molecule has 1 amide bonds. The molecule has 0 spiro atoms. The van der Waals surface area contributed by atoms with Gasteiger partial charge in [-0.3, -0.25) is 14.3 Å². The van der Waals surface area contributed by atoms with Gasteiger partial charge in [-0.15, -0.1) is 0 Å². The Morgan fingerprint density at radius 2 is 1.94 bits per heavy atom. The van der Waals surface area contributed by atoms with Gasteiger partial charge in [-0.2, -0.15) is 0 Å². The number of aryl methyl sites for hydroxylation is 1. The lowest BCUT2D eigenvalue weighted by molar-refractivity contribution is 0.0559. The normalized spacial score (nSPS) is 15.6. The first-order chi connectivity index (χ1) is 14.8. The average Bonchev–Trinajstić information content (AvgIpc) is 3.05. The summed E-state index contributed by atoms with van der Waals surface area (Å²) < 4.78 is 1.55. The van der Waals surface area contributed by atoms with Crippen molar-refractivity contribution in [2.75, 3.05) is 26.7 Å². The van der Waals surface area contributed by atoms with Crippen molar-refractivity contribution in [1.82, 2.24) is 24.3 Å². The Bertz CT molecular complexity index is 1140. The highest BCUT2D eigenvalue weighted by Crippen LogP contribution is 2.25. The second kappa shape index (κ2) is 8.67. The van der Waals surface area contributed by atoms with Crippen molar-refractivity contribution >= 4 is 17.1 Å². The first-order valence-corrected chi connectivity index (χ1v) is 11.0.